The summed E-state index contributed by atoms with van der Waals surface area (Å²) in [5.74, 6) is -3.84. The zero-order valence-electron chi connectivity index (χ0n) is 15.8. The van der Waals surface area contributed by atoms with Gasteiger partial charge in [0.15, 0.2) is 5.78 Å². The first kappa shape index (κ1) is 19.5. The van der Waals surface area contributed by atoms with Crippen LogP contribution in [0.25, 0.3) is 0 Å². The Morgan fingerprint density at radius 3 is 2.69 bits per heavy atom. The number of Topliss-reactive ketones (excluding diaryl/α,β-unsaturated/α-hetero) is 1. The topological polar surface area (TPSA) is 72.5 Å². The molecule has 2 aliphatic rings. The lowest BCUT2D eigenvalue weighted by Crippen LogP contribution is -2.44. The van der Waals surface area contributed by atoms with Gasteiger partial charge in [0.05, 0.1) is 6.61 Å². The molecule has 29 heavy (non-hydrogen) atoms. The summed E-state index contributed by atoms with van der Waals surface area (Å²) < 4.78 is 19.7. The molecular weight excluding hydrogens is 393 g/mol. The number of carbonyl (C=O) groups excluding carboxylic acids is 3. The Labute approximate surface area is 171 Å². The van der Waals surface area contributed by atoms with Crippen molar-refractivity contribution in [2.24, 2.45) is 5.92 Å². The average Bonchev–Trinajstić information content (AvgIpc) is 3.22. The molecule has 0 spiro atoms. The van der Waals surface area contributed by atoms with E-state index in [1.165, 1.54) is 17.4 Å². The molecule has 2 aromatic rings. The fourth-order valence-electron chi connectivity index (χ4n) is 4.25. The van der Waals surface area contributed by atoms with Crippen molar-refractivity contribution in [2.75, 3.05) is 6.61 Å². The number of allylic oxidation sites excluding steroid dienone is 2. The summed E-state index contributed by atoms with van der Waals surface area (Å²) in [5, 5.41) is 4.68. The van der Waals surface area contributed by atoms with Crippen LogP contribution in [0.2, 0.25) is 0 Å². The van der Waals surface area contributed by atoms with Crippen LogP contribution in [0.5, 0.6) is 0 Å². The summed E-state index contributed by atoms with van der Waals surface area (Å²) in [4.78, 5) is 39.5. The SMILES string of the molecule is CCOC(=O)[C@H]1C(=O)C2=C(C[C@@H]1c1cccs1)NC(=O)C[C@H]2c1ccccc1F. The molecular formula is C22H20FNO4S. The summed E-state index contributed by atoms with van der Waals surface area (Å²) in [6.45, 7) is 1.86. The number of ketones is 1. The van der Waals surface area contributed by atoms with Crippen molar-refractivity contribution in [3.8, 4) is 0 Å². The van der Waals surface area contributed by atoms with E-state index in [9.17, 15) is 18.8 Å². The monoisotopic (exact) mass is 413 g/mol. The van der Waals surface area contributed by atoms with Crippen molar-refractivity contribution in [1.82, 2.24) is 5.32 Å². The maximum atomic E-state index is 14.5. The highest BCUT2D eigenvalue weighted by atomic mass is 32.1. The molecule has 1 N–H and O–H groups in total. The van der Waals surface area contributed by atoms with Gasteiger partial charge in [-0.25, -0.2) is 4.39 Å². The molecule has 150 valence electrons. The van der Waals surface area contributed by atoms with Gasteiger partial charge in [0.25, 0.3) is 0 Å². The second-order valence-electron chi connectivity index (χ2n) is 7.14. The first-order chi connectivity index (χ1) is 14.0. The predicted octanol–water partition coefficient (Wildman–Crippen LogP) is 3.68. The van der Waals surface area contributed by atoms with Crippen LogP contribution in [-0.2, 0) is 19.1 Å². The lowest BCUT2D eigenvalue weighted by molar-refractivity contribution is -0.152. The van der Waals surface area contributed by atoms with E-state index < -0.39 is 35.3 Å². The zero-order chi connectivity index (χ0) is 20.5. The number of thiophene rings is 1. The highest BCUT2D eigenvalue weighted by Crippen LogP contribution is 2.46. The molecule has 3 atom stereocenters. The van der Waals surface area contributed by atoms with Gasteiger partial charge in [0.1, 0.15) is 11.7 Å². The molecule has 1 amide bonds. The van der Waals surface area contributed by atoms with E-state index >= 15 is 0 Å². The van der Waals surface area contributed by atoms with E-state index in [0.717, 1.165) is 4.88 Å². The standard InChI is InChI=1S/C22H20FNO4S/c1-2-28-22(27)20-14(17-8-5-9-29-17)10-16-19(21(20)26)13(11-18(25)24-16)12-6-3-4-7-15(12)23/h3-9,13-14,20H,2,10-11H2,1H3,(H,24,25)/t13-,14+,20+/m0/s1. The van der Waals surface area contributed by atoms with Gasteiger partial charge in [-0.1, -0.05) is 24.3 Å². The van der Waals surface area contributed by atoms with Crippen LogP contribution in [0.4, 0.5) is 4.39 Å². The van der Waals surface area contributed by atoms with Crippen molar-refractivity contribution < 1.29 is 23.5 Å². The molecule has 1 aromatic carbocycles. The van der Waals surface area contributed by atoms with E-state index in [0.29, 0.717) is 23.3 Å². The highest BCUT2D eigenvalue weighted by molar-refractivity contribution is 7.10. The van der Waals surface area contributed by atoms with Crippen molar-refractivity contribution in [3.63, 3.8) is 0 Å². The maximum Gasteiger partial charge on any atom is 0.317 e. The molecule has 1 aliphatic carbocycles. The van der Waals surface area contributed by atoms with Gasteiger partial charge in [-0.05, 0) is 36.4 Å². The number of benzene rings is 1. The summed E-state index contributed by atoms with van der Waals surface area (Å²) in [7, 11) is 0. The van der Waals surface area contributed by atoms with Gasteiger partial charge in [-0.2, -0.15) is 0 Å². The van der Waals surface area contributed by atoms with Crippen molar-refractivity contribution in [1.29, 1.82) is 0 Å². The zero-order valence-corrected chi connectivity index (χ0v) is 16.6. The van der Waals surface area contributed by atoms with Gasteiger partial charge < -0.3 is 10.1 Å². The molecule has 0 fully saturated rings. The third-order valence-electron chi connectivity index (χ3n) is 5.46. The quantitative estimate of drug-likeness (QED) is 0.613. The Balaban J connectivity index is 1.83. The highest BCUT2D eigenvalue weighted by Gasteiger charge is 2.48. The Morgan fingerprint density at radius 2 is 2.00 bits per heavy atom. The fourth-order valence-corrected chi connectivity index (χ4v) is 5.11. The number of carbonyl (C=O) groups is 3. The van der Waals surface area contributed by atoms with E-state index in [4.69, 9.17) is 4.74 Å². The minimum atomic E-state index is -1.00. The largest absolute Gasteiger partial charge is 0.465 e. The van der Waals surface area contributed by atoms with Gasteiger partial charge in [-0.3, -0.25) is 14.4 Å². The van der Waals surface area contributed by atoms with E-state index in [2.05, 4.69) is 5.32 Å². The molecule has 0 radical (unpaired) electrons. The summed E-state index contributed by atoms with van der Waals surface area (Å²) in [5.41, 5.74) is 1.10. The van der Waals surface area contributed by atoms with Crippen molar-refractivity contribution in [3.05, 3.63) is 69.3 Å². The Hall–Kier alpha value is -2.80. The first-order valence-corrected chi connectivity index (χ1v) is 10.4. The Bertz CT molecular complexity index is 998. The minimum absolute atomic E-state index is 0.0370. The number of nitrogens with one attached hydrogen (secondary N) is 1. The lowest BCUT2D eigenvalue weighted by Gasteiger charge is -2.37. The van der Waals surface area contributed by atoms with Crippen LogP contribution in [0, 0.1) is 11.7 Å². The minimum Gasteiger partial charge on any atom is -0.465 e. The number of hydrogen-bond acceptors (Lipinski definition) is 5. The molecule has 0 unspecified atom stereocenters. The molecule has 0 saturated carbocycles. The molecule has 7 heteroatoms. The van der Waals surface area contributed by atoms with E-state index in [-0.39, 0.29) is 18.9 Å². The van der Waals surface area contributed by atoms with Crippen LogP contribution < -0.4 is 5.32 Å². The summed E-state index contributed by atoms with van der Waals surface area (Å²) in [6.07, 6.45) is 0.284. The molecule has 1 aliphatic heterocycles. The summed E-state index contributed by atoms with van der Waals surface area (Å²) in [6, 6.07) is 9.87. The number of esters is 1. The third-order valence-corrected chi connectivity index (χ3v) is 6.46. The number of hydrogen-bond donors (Lipinski definition) is 1. The summed E-state index contributed by atoms with van der Waals surface area (Å²) >= 11 is 1.46. The van der Waals surface area contributed by atoms with Gasteiger partial charge in [-0.15, -0.1) is 11.3 Å². The first-order valence-electron chi connectivity index (χ1n) is 9.52. The molecule has 2 heterocycles. The van der Waals surface area contributed by atoms with E-state index in [1.54, 1.807) is 25.1 Å². The number of amides is 1. The molecule has 0 saturated heterocycles. The van der Waals surface area contributed by atoms with Crippen molar-refractivity contribution in [2.45, 2.75) is 31.6 Å². The van der Waals surface area contributed by atoms with Gasteiger partial charge in [0.2, 0.25) is 5.91 Å². The molecule has 4 rings (SSSR count). The Morgan fingerprint density at radius 1 is 1.21 bits per heavy atom. The second kappa shape index (κ2) is 7.91. The normalized spacial score (nSPS) is 24.1. The number of halogens is 1. The number of ether oxygens (including phenoxy) is 1. The fraction of sp³-hybridized carbons (Fsp3) is 0.318. The van der Waals surface area contributed by atoms with Crippen LogP contribution in [0.15, 0.2) is 53.0 Å². The van der Waals surface area contributed by atoms with Gasteiger partial charge >= 0.3 is 5.97 Å². The second-order valence-corrected chi connectivity index (χ2v) is 8.12. The predicted molar refractivity (Wildman–Crippen MR) is 106 cm³/mol. The Kier molecular flexibility index (Phi) is 5.32. The lowest BCUT2D eigenvalue weighted by atomic mass is 9.69. The molecule has 0 bridgehead atoms. The van der Waals surface area contributed by atoms with Crippen molar-refractivity contribution >= 4 is 29.0 Å². The van der Waals surface area contributed by atoms with Crippen LogP contribution in [-0.4, -0.2) is 24.3 Å². The van der Waals surface area contributed by atoms with Crippen LogP contribution >= 0.6 is 11.3 Å². The smallest absolute Gasteiger partial charge is 0.317 e. The van der Waals surface area contributed by atoms with Crippen LogP contribution in [0.1, 0.15) is 42.0 Å². The van der Waals surface area contributed by atoms with E-state index in [1.807, 2.05) is 17.5 Å². The molecule has 1 aromatic heterocycles. The van der Waals surface area contributed by atoms with Gasteiger partial charge in [0, 0.05) is 34.4 Å². The third kappa shape index (κ3) is 3.51. The van der Waals surface area contributed by atoms with Crippen LogP contribution in [0.3, 0.4) is 0 Å². The average molecular weight is 413 g/mol. The number of rotatable bonds is 4. The maximum absolute atomic E-state index is 14.5. The molecule has 5 nitrogen and oxygen atoms in total.